The molecule has 0 fully saturated rings. The summed E-state index contributed by atoms with van der Waals surface area (Å²) in [7, 11) is 1.23. The fourth-order valence-electron chi connectivity index (χ4n) is 0.802. The topological polar surface area (TPSA) is 81.4 Å². The van der Waals surface area contributed by atoms with Gasteiger partial charge in [-0.25, -0.2) is 4.79 Å². The Morgan fingerprint density at radius 1 is 1.53 bits per heavy atom. The van der Waals surface area contributed by atoms with E-state index in [4.69, 9.17) is 5.11 Å². The van der Waals surface area contributed by atoms with Gasteiger partial charge in [-0.2, -0.15) is 5.10 Å². The number of methoxy groups -OCH3 is 1. The molecule has 1 aromatic heterocycles. The number of carbonyl (C=O) groups is 2. The zero-order valence-electron chi connectivity index (χ0n) is 8.93. The van der Waals surface area contributed by atoms with Crippen LogP contribution in [0.4, 0.5) is 0 Å². The minimum absolute atomic E-state index is 0.101. The van der Waals surface area contributed by atoms with Crippen molar-refractivity contribution in [1.82, 2.24) is 9.78 Å². The van der Waals surface area contributed by atoms with Crippen LogP contribution in [0.25, 0.3) is 0 Å². The lowest BCUT2D eigenvalue weighted by atomic mass is 10.4. The lowest BCUT2D eigenvalue weighted by molar-refractivity contribution is -0.137. The van der Waals surface area contributed by atoms with Gasteiger partial charge in [-0.05, 0) is 6.07 Å². The molecule has 0 amide bonds. The highest BCUT2D eigenvalue weighted by atomic mass is 16.5. The van der Waals surface area contributed by atoms with E-state index >= 15 is 0 Å². The van der Waals surface area contributed by atoms with Crippen LogP contribution in [0, 0.1) is 0 Å². The summed E-state index contributed by atoms with van der Waals surface area (Å²) in [5, 5.41) is 12.1. The molecule has 0 spiro atoms. The molecule has 84 valence electrons. The lowest BCUT2D eigenvalue weighted by Gasteiger charge is -1.94. The second-order valence-electron chi connectivity index (χ2n) is 2.28. The smallest absolute Gasteiger partial charge is 0.358 e. The minimum Gasteiger partial charge on any atom is -0.480 e. The largest absolute Gasteiger partial charge is 0.480 e. The molecule has 0 saturated carbocycles. The fraction of sp³-hybridized carbons (Fsp3) is 0.444. The van der Waals surface area contributed by atoms with Crippen molar-refractivity contribution in [2.45, 2.75) is 20.4 Å². The van der Waals surface area contributed by atoms with Crippen LogP contribution in [-0.2, 0) is 16.1 Å². The molecule has 0 aromatic carbocycles. The van der Waals surface area contributed by atoms with Gasteiger partial charge in [-0.3, -0.25) is 9.48 Å². The van der Waals surface area contributed by atoms with E-state index in [0.29, 0.717) is 0 Å². The van der Waals surface area contributed by atoms with Gasteiger partial charge in [-0.15, -0.1) is 0 Å². The third kappa shape index (κ3) is 4.26. The van der Waals surface area contributed by atoms with Gasteiger partial charge in [0.2, 0.25) is 0 Å². The molecular weight excluding hydrogens is 200 g/mol. The molecule has 0 bridgehead atoms. The summed E-state index contributed by atoms with van der Waals surface area (Å²) < 4.78 is 5.54. The molecule has 15 heavy (non-hydrogen) atoms. The van der Waals surface area contributed by atoms with E-state index in [0.717, 1.165) is 4.68 Å². The third-order valence-corrected chi connectivity index (χ3v) is 1.33. The van der Waals surface area contributed by atoms with E-state index in [1.807, 2.05) is 13.8 Å². The second-order valence-corrected chi connectivity index (χ2v) is 2.28. The zero-order chi connectivity index (χ0) is 11.8. The highest BCUT2D eigenvalue weighted by Gasteiger charge is 2.09. The minimum atomic E-state index is -1.01. The molecule has 0 aliphatic rings. The van der Waals surface area contributed by atoms with E-state index < -0.39 is 11.9 Å². The molecule has 1 rings (SSSR count). The molecule has 6 nitrogen and oxygen atoms in total. The van der Waals surface area contributed by atoms with Crippen molar-refractivity contribution in [3.8, 4) is 0 Å². The van der Waals surface area contributed by atoms with Crippen LogP contribution < -0.4 is 0 Å². The maximum Gasteiger partial charge on any atom is 0.358 e. The number of rotatable bonds is 3. The first-order chi connectivity index (χ1) is 7.13. The Hall–Kier alpha value is -1.85. The van der Waals surface area contributed by atoms with Gasteiger partial charge in [0.1, 0.15) is 6.54 Å². The molecule has 1 aromatic rings. The first-order valence-electron chi connectivity index (χ1n) is 4.47. The number of nitrogens with zero attached hydrogens (tertiary/aromatic N) is 2. The quantitative estimate of drug-likeness (QED) is 0.752. The van der Waals surface area contributed by atoms with Crippen molar-refractivity contribution in [3.63, 3.8) is 0 Å². The summed E-state index contributed by atoms with van der Waals surface area (Å²) >= 11 is 0. The predicted molar refractivity (Wildman–Crippen MR) is 52.6 cm³/mol. The summed E-state index contributed by atoms with van der Waals surface area (Å²) in [6.45, 7) is 3.73. The normalized spacial score (nSPS) is 8.73. The van der Waals surface area contributed by atoms with E-state index in [9.17, 15) is 9.59 Å². The van der Waals surface area contributed by atoms with Crippen molar-refractivity contribution in [3.05, 3.63) is 18.0 Å². The first-order valence-corrected chi connectivity index (χ1v) is 4.47. The average Bonchev–Trinajstić information content (AvgIpc) is 2.67. The molecule has 0 aliphatic heterocycles. The number of carboxylic acid groups (broad SMARTS) is 1. The standard InChI is InChI=1S/C7H8N2O4.C2H6/c1-13-7(12)5-2-3-9(8-5)4-6(10)11;1-2/h2-3H,4H2,1H3,(H,10,11);1-2H3. The van der Waals surface area contributed by atoms with Crippen LogP contribution >= 0.6 is 0 Å². The monoisotopic (exact) mass is 214 g/mol. The second kappa shape index (κ2) is 6.58. The van der Waals surface area contributed by atoms with Gasteiger partial charge in [0.05, 0.1) is 7.11 Å². The van der Waals surface area contributed by atoms with Crippen LogP contribution in [-0.4, -0.2) is 33.9 Å². The number of hydrogen-bond donors (Lipinski definition) is 1. The molecule has 1 heterocycles. The van der Waals surface area contributed by atoms with Crippen LogP contribution in [0.1, 0.15) is 24.3 Å². The van der Waals surface area contributed by atoms with Gasteiger partial charge in [0, 0.05) is 6.20 Å². The molecular formula is C9H14N2O4. The van der Waals surface area contributed by atoms with Crippen molar-refractivity contribution >= 4 is 11.9 Å². The van der Waals surface area contributed by atoms with Crippen LogP contribution in [0.3, 0.4) is 0 Å². The number of carboxylic acids is 1. The maximum atomic E-state index is 10.9. The van der Waals surface area contributed by atoms with Gasteiger partial charge >= 0.3 is 11.9 Å². The number of carbonyl (C=O) groups excluding carboxylic acids is 1. The van der Waals surface area contributed by atoms with Crippen molar-refractivity contribution in [1.29, 1.82) is 0 Å². The SMILES string of the molecule is CC.COC(=O)c1ccn(CC(=O)O)n1. The third-order valence-electron chi connectivity index (χ3n) is 1.33. The Kier molecular flexibility index (Phi) is 5.77. The number of aromatic nitrogens is 2. The maximum absolute atomic E-state index is 10.9. The van der Waals surface area contributed by atoms with Gasteiger partial charge in [0.15, 0.2) is 5.69 Å². The lowest BCUT2D eigenvalue weighted by Crippen LogP contribution is -2.10. The molecule has 6 heteroatoms. The number of ether oxygens (including phenoxy) is 1. The Morgan fingerprint density at radius 2 is 2.13 bits per heavy atom. The summed E-state index contributed by atoms with van der Waals surface area (Å²) in [6.07, 6.45) is 1.40. The predicted octanol–water partition coefficient (Wildman–Crippen LogP) is 0.780. The van der Waals surface area contributed by atoms with Crippen LogP contribution in [0.5, 0.6) is 0 Å². The zero-order valence-corrected chi connectivity index (χ0v) is 8.93. The Labute approximate surface area is 87.5 Å². The van der Waals surface area contributed by atoms with Gasteiger partial charge in [-0.1, -0.05) is 13.8 Å². The summed E-state index contributed by atoms with van der Waals surface area (Å²) in [5.41, 5.74) is 0.101. The molecule has 0 aliphatic carbocycles. The van der Waals surface area contributed by atoms with Crippen LogP contribution in [0.2, 0.25) is 0 Å². The molecule has 0 saturated heterocycles. The Bertz CT molecular complexity index is 333. The highest BCUT2D eigenvalue weighted by molar-refractivity contribution is 5.86. The summed E-state index contributed by atoms with van der Waals surface area (Å²) in [4.78, 5) is 21.1. The van der Waals surface area contributed by atoms with Gasteiger partial charge in [0.25, 0.3) is 0 Å². The van der Waals surface area contributed by atoms with E-state index in [-0.39, 0.29) is 12.2 Å². The highest BCUT2D eigenvalue weighted by Crippen LogP contribution is 1.97. The van der Waals surface area contributed by atoms with E-state index in [2.05, 4.69) is 9.84 Å². The number of aliphatic carboxylic acids is 1. The summed E-state index contributed by atoms with van der Waals surface area (Å²) in [6, 6.07) is 1.40. The number of hydrogen-bond acceptors (Lipinski definition) is 4. The molecule has 0 unspecified atom stereocenters. The molecule has 0 atom stereocenters. The number of esters is 1. The van der Waals surface area contributed by atoms with E-state index in [1.54, 1.807) is 0 Å². The average molecular weight is 214 g/mol. The summed E-state index contributed by atoms with van der Waals surface area (Å²) in [5.74, 6) is -1.59. The van der Waals surface area contributed by atoms with Crippen molar-refractivity contribution in [2.24, 2.45) is 0 Å². The van der Waals surface area contributed by atoms with Gasteiger partial charge < -0.3 is 9.84 Å². The van der Waals surface area contributed by atoms with Crippen molar-refractivity contribution < 1.29 is 19.4 Å². The Morgan fingerprint density at radius 3 is 2.60 bits per heavy atom. The molecule has 1 N–H and O–H groups in total. The van der Waals surface area contributed by atoms with Crippen molar-refractivity contribution in [2.75, 3.05) is 7.11 Å². The van der Waals surface area contributed by atoms with Crippen LogP contribution in [0.15, 0.2) is 12.3 Å². The van der Waals surface area contributed by atoms with E-state index in [1.165, 1.54) is 19.4 Å². The molecule has 0 radical (unpaired) electrons. The fourth-order valence-corrected chi connectivity index (χ4v) is 0.802. The first kappa shape index (κ1) is 13.2. The Balaban J connectivity index is 0.000000921.